The van der Waals surface area contributed by atoms with Gasteiger partial charge < -0.3 is 11.1 Å². The van der Waals surface area contributed by atoms with Gasteiger partial charge in [-0.05, 0) is 49.4 Å². The average Bonchev–Trinajstić information content (AvgIpc) is 3.08. The third-order valence-electron chi connectivity index (χ3n) is 3.07. The maximum absolute atomic E-state index is 13.2. The normalized spacial score (nSPS) is 15.7. The number of nitrogens with two attached hydrogens (primary N) is 1. The van der Waals surface area contributed by atoms with Crippen LogP contribution in [0.25, 0.3) is 0 Å². The molecule has 1 amide bonds. The molecule has 100 valence electrons. The molecule has 0 bridgehead atoms. The van der Waals surface area contributed by atoms with E-state index in [4.69, 9.17) is 5.73 Å². The molecule has 1 unspecified atom stereocenters. The Morgan fingerprint density at radius 1 is 1.50 bits per heavy atom. The first kappa shape index (κ1) is 14.9. The summed E-state index contributed by atoms with van der Waals surface area (Å²) in [5.74, 6) is -0.126. The molecule has 18 heavy (non-hydrogen) atoms. The van der Waals surface area contributed by atoms with Crippen molar-refractivity contribution in [2.75, 3.05) is 6.54 Å². The summed E-state index contributed by atoms with van der Waals surface area (Å²) in [7, 11) is 0. The number of amides is 1. The lowest BCUT2D eigenvalue weighted by Crippen LogP contribution is -2.41. The first-order valence-electron chi connectivity index (χ1n) is 5.88. The molecule has 0 spiro atoms. The van der Waals surface area contributed by atoms with E-state index in [9.17, 15) is 9.18 Å². The summed E-state index contributed by atoms with van der Waals surface area (Å²) in [6.07, 6.45) is 2.23. The van der Waals surface area contributed by atoms with Gasteiger partial charge in [-0.25, -0.2) is 4.39 Å². The monoisotopic (exact) mass is 272 g/mol. The van der Waals surface area contributed by atoms with Gasteiger partial charge >= 0.3 is 0 Å². The van der Waals surface area contributed by atoms with Crippen molar-refractivity contribution in [1.82, 2.24) is 5.32 Å². The van der Waals surface area contributed by atoms with Gasteiger partial charge in [0.05, 0.1) is 0 Å². The maximum atomic E-state index is 13.2. The summed E-state index contributed by atoms with van der Waals surface area (Å²) >= 11 is 0. The van der Waals surface area contributed by atoms with Crippen LogP contribution in [0.3, 0.4) is 0 Å². The molecule has 0 saturated heterocycles. The van der Waals surface area contributed by atoms with Crippen LogP contribution in [-0.2, 0) is 0 Å². The Balaban J connectivity index is 0.00000162. The van der Waals surface area contributed by atoms with Crippen LogP contribution < -0.4 is 11.1 Å². The van der Waals surface area contributed by atoms with Crippen molar-refractivity contribution >= 4 is 18.3 Å². The van der Waals surface area contributed by atoms with E-state index in [1.54, 1.807) is 13.0 Å². The van der Waals surface area contributed by atoms with Crippen molar-refractivity contribution in [3.63, 3.8) is 0 Å². The van der Waals surface area contributed by atoms with E-state index < -0.39 is 0 Å². The quantitative estimate of drug-likeness (QED) is 0.881. The summed E-state index contributed by atoms with van der Waals surface area (Å²) in [6, 6.07) is 4.35. The van der Waals surface area contributed by atoms with Crippen LogP contribution in [0.15, 0.2) is 18.2 Å². The van der Waals surface area contributed by atoms with E-state index in [1.807, 2.05) is 0 Å². The van der Waals surface area contributed by atoms with Gasteiger partial charge in [-0.15, -0.1) is 12.4 Å². The minimum Gasteiger partial charge on any atom is -0.348 e. The maximum Gasteiger partial charge on any atom is 0.251 e. The number of aryl methyl sites for hydroxylation is 1. The number of carbonyl (C=O) groups excluding carboxylic acids is 1. The van der Waals surface area contributed by atoms with Crippen molar-refractivity contribution in [3.05, 3.63) is 35.1 Å². The summed E-state index contributed by atoms with van der Waals surface area (Å²) < 4.78 is 13.2. The molecule has 1 aliphatic carbocycles. The van der Waals surface area contributed by atoms with Crippen LogP contribution >= 0.6 is 12.4 Å². The van der Waals surface area contributed by atoms with Gasteiger partial charge in [0.1, 0.15) is 5.82 Å². The number of carbonyl (C=O) groups is 1. The summed E-state index contributed by atoms with van der Waals surface area (Å²) in [5, 5.41) is 2.87. The van der Waals surface area contributed by atoms with Gasteiger partial charge in [-0.1, -0.05) is 0 Å². The Bertz CT molecular complexity index is 415. The van der Waals surface area contributed by atoms with Crippen LogP contribution in [0.1, 0.15) is 28.8 Å². The topological polar surface area (TPSA) is 55.1 Å². The molecule has 0 aromatic heterocycles. The fourth-order valence-corrected chi connectivity index (χ4v) is 1.99. The van der Waals surface area contributed by atoms with Crippen LogP contribution in [0, 0.1) is 18.7 Å². The SMILES string of the molecule is Cc1cc(F)cc(C(=O)NC(CN)C2CC2)c1.Cl. The molecule has 1 atom stereocenters. The van der Waals surface area contributed by atoms with Gasteiger partial charge in [0.15, 0.2) is 0 Å². The average molecular weight is 273 g/mol. The fraction of sp³-hybridized carbons (Fsp3) is 0.462. The van der Waals surface area contributed by atoms with E-state index in [0.29, 0.717) is 18.0 Å². The fourth-order valence-electron chi connectivity index (χ4n) is 1.99. The van der Waals surface area contributed by atoms with E-state index in [-0.39, 0.29) is 30.2 Å². The first-order chi connectivity index (χ1) is 8.10. The number of halogens is 2. The zero-order valence-corrected chi connectivity index (χ0v) is 11.1. The lowest BCUT2D eigenvalue weighted by Gasteiger charge is -2.16. The second-order valence-corrected chi connectivity index (χ2v) is 4.67. The highest BCUT2D eigenvalue weighted by atomic mass is 35.5. The van der Waals surface area contributed by atoms with Gasteiger partial charge in [0.2, 0.25) is 0 Å². The predicted octanol–water partition coefficient (Wildman–Crippen LogP) is 2.02. The highest BCUT2D eigenvalue weighted by Gasteiger charge is 2.31. The van der Waals surface area contributed by atoms with Gasteiger partial charge in [0.25, 0.3) is 5.91 Å². The Hall–Kier alpha value is -1.13. The van der Waals surface area contributed by atoms with Gasteiger partial charge in [-0.2, -0.15) is 0 Å². The molecule has 2 rings (SSSR count). The minimum absolute atomic E-state index is 0. The van der Waals surface area contributed by atoms with Gasteiger partial charge in [0, 0.05) is 18.2 Å². The molecule has 0 aliphatic heterocycles. The van der Waals surface area contributed by atoms with Crippen molar-refractivity contribution < 1.29 is 9.18 Å². The molecule has 1 saturated carbocycles. The molecule has 1 aromatic rings. The number of nitrogens with one attached hydrogen (secondary N) is 1. The second-order valence-electron chi connectivity index (χ2n) is 4.67. The molecule has 0 radical (unpaired) electrons. The Morgan fingerprint density at radius 3 is 2.67 bits per heavy atom. The molecule has 3 nitrogen and oxygen atoms in total. The first-order valence-corrected chi connectivity index (χ1v) is 5.88. The highest BCUT2D eigenvalue weighted by Crippen LogP contribution is 2.32. The summed E-state index contributed by atoms with van der Waals surface area (Å²) in [6.45, 7) is 2.20. The molecular formula is C13H18ClFN2O. The predicted molar refractivity (Wildman–Crippen MR) is 71.4 cm³/mol. The molecule has 3 N–H and O–H groups in total. The largest absolute Gasteiger partial charge is 0.348 e. The minimum atomic E-state index is -0.383. The zero-order valence-electron chi connectivity index (χ0n) is 10.3. The molecule has 5 heteroatoms. The van der Waals surface area contributed by atoms with Crippen LogP contribution in [0.4, 0.5) is 4.39 Å². The molecule has 1 fully saturated rings. The van der Waals surface area contributed by atoms with Crippen LogP contribution in [0.5, 0.6) is 0 Å². The second kappa shape index (κ2) is 6.16. The lowest BCUT2D eigenvalue weighted by atomic mass is 10.1. The molecule has 1 aromatic carbocycles. The van der Waals surface area contributed by atoms with E-state index in [2.05, 4.69) is 5.32 Å². The molecule has 0 heterocycles. The summed E-state index contributed by atoms with van der Waals surface area (Å²) in [5.41, 5.74) is 6.72. The number of hydrogen-bond donors (Lipinski definition) is 2. The van der Waals surface area contributed by atoms with Crippen LogP contribution in [-0.4, -0.2) is 18.5 Å². The third kappa shape index (κ3) is 3.68. The molecular weight excluding hydrogens is 255 g/mol. The Labute approximate surface area is 112 Å². The standard InChI is InChI=1S/C13H17FN2O.ClH/c1-8-4-10(6-11(14)5-8)13(17)16-12(7-15)9-2-3-9;/h4-6,9,12H,2-3,7,15H2,1H3,(H,16,17);1H. The summed E-state index contributed by atoms with van der Waals surface area (Å²) in [4.78, 5) is 11.9. The van der Waals surface area contributed by atoms with Crippen LogP contribution in [0.2, 0.25) is 0 Å². The lowest BCUT2D eigenvalue weighted by molar-refractivity contribution is 0.0933. The van der Waals surface area contributed by atoms with E-state index in [1.165, 1.54) is 12.1 Å². The number of rotatable bonds is 4. The van der Waals surface area contributed by atoms with E-state index in [0.717, 1.165) is 18.4 Å². The number of hydrogen-bond acceptors (Lipinski definition) is 2. The Morgan fingerprint density at radius 2 is 2.17 bits per heavy atom. The van der Waals surface area contributed by atoms with Gasteiger partial charge in [-0.3, -0.25) is 4.79 Å². The Kier molecular flexibility index (Phi) is 5.11. The van der Waals surface area contributed by atoms with E-state index >= 15 is 0 Å². The number of benzene rings is 1. The molecule has 1 aliphatic rings. The highest BCUT2D eigenvalue weighted by molar-refractivity contribution is 5.94. The van der Waals surface area contributed by atoms with Crippen molar-refractivity contribution in [2.45, 2.75) is 25.8 Å². The van der Waals surface area contributed by atoms with Crippen molar-refractivity contribution in [3.8, 4) is 0 Å². The smallest absolute Gasteiger partial charge is 0.251 e. The zero-order chi connectivity index (χ0) is 12.4. The third-order valence-corrected chi connectivity index (χ3v) is 3.07. The van der Waals surface area contributed by atoms with Crippen molar-refractivity contribution in [1.29, 1.82) is 0 Å². The van der Waals surface area contributed by atoms with Crippen molar-refractivity contribution in [2.24, 2.45) is 11.7 Å².